The predicted molar refractivity (Wildman–Crippen MR) is 75.0 cm³/mol. The summed E-state index contributed by atoms with van der Waals surface area (Å²) >= 11 is 0. The van der Waals surface area contributed by atoms with Crippen molar-refractivity contribution in [1.29, 1.82) is 0 Å². The Morgan fingerprint density at radius 3 is 2.70 bits per heavy atom. The molecule has 0 bridgehead atoms. The summed E-state index contributed by atoms with van der Waals surface area (Å²) in [5.41, 5.74) is 0. The zero-order chi connectivity index (χ0) is 14.5. The molecule has 4 nitrogen and oxygen atoms in total. The van der Waals surface area contributed by atoms with Crippen molar-refractivity contribution in [2.75, 3.05) is 29.9 Å². The van der Waals surface area contributed by atoms with Gasteiger partial charge in [0.15, 0.2) is 23.3 Å². The minimum atomic E-state index is -0.677. The second kappa shape index (κ2) is 6.83. The molecular weight excluding hydrogens is 264 g/mol. The van der Waals surface area contributed by atoms with Crippen LogP contribution in [0.15, 0.2) is 6.07 Å². The Labute approximate surface area is 117 Å². The maximum absolute atomic E-state index is 14.0. The van der Waals surface area contributed by atoms with Crippen molar-refractivity contribution in [2.45, 2.75) is 38.6 Å². The van der Waals surface area contributed by atoms with Crippen molar-refractivity contribution < 1.29 is 13.9 Å². The summed E-state index contributed by atoms with van der Waals surface area (Å²) < 4.78 is 27.6. The van der Waals surface area contributed by atoms with Crippen molar-refractivity contribution in [3.05, 3.63) is 17.7 Å². The number of aliphatic hydroxyl groups excluding tert-OH is 1. The van der Waals surface area contributed by atoms with Crippen molar-refractivity contribution >= 4 is 11.6 Å². The Morgan fingerprint density at radius 2 is 2.15 bits per heavy atom. The van der Waals surface area contributed by atoms with Crippen LogP contribution in [0.25, 0.3) is 0 Å². The standard InChI is InChI=1S/C14H21F2N3O/c1-2-17-13-11(15)9-12(16)14(18-13)19(7-4-8-20)10-5-3-6-10/h9-10,20H,2-8H2,1H3,(H,17,18). The van der Waals surface area contributed by atoms with E-state index in [0.29, 0.717) is 19.5 Å². The van der Waals surface area contributed by atoms with Crippen LogP contribution >= 0.6 is 0 Å². The van der Waals surface area contributed by atoms with Gasteiger partial charge in [0.1, 0.15) is 0 Å². The average Bonchev–Trinajstić information content (AvgIpc) is 2.36. The lowest BCUT2D eigenvalue weighted by Crippen LogP contribution is -2.42. The van der Waals surface area contributed by atoms with Crippen LogP contribution in [0, 0.1) is 11.6 Å². The highest BCUT2D eigenvalue weighted by atomic mass is 19.1. The third-order valence-electron chi connectivity index (χ3n) is 3.60. The van der Waals surface area contributed by atoms with Gasteiger partial charge in [-0.2, -0.15) is 0 Å². The first-order chi connectivity index (χ1) is 9.67. The maximum atomic E-state index is 14.0. The monoisotopic (exact) mass is 285 g/mol. The van der Waals surface area contributed by atoms with Crippen molar-refractivity contribution in [3.8, 4) is 0 Å². The third-order valence-corrected chi connectivity index (χ3v) is 3.60. The molecule has 2 N–H and O–H groups in total. The van der Waals surface area contributed by atoms with E-state index in [1.54, 1.807) is 0 Å². The number of hydrogen-bond donors (Lipinski definition) is 2. The average molecular weight is 285 g/mol. The molecule has 2 rings (SSSR count). The number of aliphatic hydroxyl groups is 1. The first kappa shape index (κ1) is 15.0. The third kappa shape index (κ3) is 3.17. The molecule has 1 fully saturated rings. The molecule has 0 atom stereocenters. The van der Waals surface area contributed by atoms with Crippen LogP contribution in [0.4, 0.5) is 20.4 Å². The number of nitrogens with one attached hydrogen (secondary N) is 1. The zero-order valence-electron chi connectivity index (χ0n) is 11.7. The number of rotatable bonds is 7. The van der Waals surface area contributed by atoms with Crippen molar-refractivity contribution in [3.63, 3.8) is 0 Å². The Hall–Kier alpha value is -1.43. The smallest absolute Gasteiger partial charge is 0.168 e. The summed E-state index contributed by atoms with van der Waals surface area (Å²) in [6.45, 7) is 2.93. The highest BCUT2D eigenvalue weighted by Gasteiger charge is 2.28. The summed E-state index contributed by atoms with van der Waals surface area (Å²) in [6, 6.07) is 1.12. The largest absolute Gasteiger partial charge is 0.396 e. The van der Waals surface area contributed by atoms with Gasteiger partial charge in [0.25, 0.3) is 0 Å². The predicted octanol–water partition coefficient (Wildman–Crippen LogP) is 2.53. The van der Waals surface area contributed by atoms with E-state index < -0.39 is 11.6 Å². The molecule has 1 saturated carbocycles. The highest BCUT2D eigenvalue weighted by Crippen LogP contribution is 2.31. The van der Waals surface area contributed by atoms with E-state index in [2.05, 4.69) is 10.3 Å². The number of anilines is 2. The number of nitrogens with zero attached hydrogens (tertiary/aromatic N) is 2. The minimum Gasteiger partial charge on any atom is -0.396 e. The summed E-state index contributed by atoms with van der Waals surface area (Å²) in [5, 5.41) is 11.8. The lowest BCUT2D eigenvalue weighted by molar-refractivity contribution is 0.282. The molecule has 20 heavy (non-hydrogen) atoms. The van der Waals surface area contributed by atoms with E-state index in [9.17, 15) is 8.78 Å². The summed E-state index contributed by atoms with van der Waals surface area (Å²) in [4.78, 5) is 5.96. The molecule has 6 heteroatoms. The second-order valence-electron chi connectivity index (χ2n) is 5.01. The first-order valence-electron chi connectivity index (χ1n) is 7.14. The van der Waals surface area contributed by atoms with Gasteiger partial charge in [-0.05, 0) is 32.6 Å². The first-order valence-corrected chi connectivity index (χ1v) is 7.14. The van der Waals surface area contributed by atoms with E-state index in [0.717, 1.165) is 25.3 Å². The molecule has 1 aromatic rings. The van der Waals surface area contributed by atoms with Gasteiger partial charge in [0.2, 0.25) is 0 Å². The summed E-state index contributed by atoms with van der Waals surface area (Å²) in [6.07, 6.45) is 3.63. The van der Waals surface area contributed by atoms with E-state index in [1.165, 1.54) is 0 Å². The lowest BCUT2D eigenvalue weighted by Gasteiger charge is -2.38. The second-order valence-corrected chi connectivity index (χ2v) is 5.01. The molecule has 0 aliphatic heterocycles. The molecule has 0 aromatic carbocycles. The van der Waals surface area contributed by atoms with Gasteiger partial charge >= 0.3 is 0 Å². The minimum absolute atomic E-state index is 0.0477. The van der Waals surface area contributed by atoms with Crippen LogP contribution in [0.5, 0.6) is 0 Å². The molecule has 1 heterocycles. The van der Waals surface area contributed by atoms with E-state index in [4.69, 9.17) is 5.11 Å². The van der Waals surface area contributed by atoms with E-state index in [1.807, 2.05) is 11.8 Å². The SMILES string of the molecule is CCNc1nc(N(CCCO)C2CCC2)c(F)cc1F. The summed E-state index contributed by atoms with van der Waals surface area (Å²) in [7, 11) is 0. The van der Waals surface area contributed by atoms with Crippen LogP contribution in [-0.2, 0) is 0 Å². The van der Waals surface area contributed by atoms with Crippen LogP contribution in [0.3, 0.4) is 0 Å². The fourth-order valence-corrected chi connectivity index (χ4v) is 2.35. The Morgan fingerprint density at radius 1 is 1.40 bits per heavy atom. The van der Waals surface area contributed by atoms with Crippen LogP contribution < -0.4 is 10.2 Å². The Bertz CT molecular complexity index is 452. The van der Waals surface area contributed by atoms with Crippen molar-refractivity contribution in [1.82, 2.24) is 4.98 Å². The van der Waals surface area contributed by atoms with Gasteiger partial charge < -0.3 is 15.3 Å². The molecule has 0 spiro atoms. The maximum Gasteiger partial charge on any atom is 0.168 e. The van der Waals surface area contributed by atoms with Crippen LogP contribution in [-0.4, -0.2) is 35.8 Å². The van der Waals surface area contributed by atoms with E-state index >= 15 is 0 Å². The topological polar surface area (TPSA) is 48.4 Å². The fourth-order valence-electron chi connectivity index (χ4n) is 2.35. The van der Waals surface area contributed by atoms with Crippen molar-refractivity contribution in [2.24, 2.45) is 0 Å². The van der Waals surface area contributed by atoms with Gasteiger partial charge in [-0.25, -0.2) is 13.8 Å². The molecule has 1 aliphatic rings. The molecule has 0 unspecified atom stereocenters. The number of hydrogen-bond acceptors (Lipinski definition) is 4. The summed E-state index contributed by atoms with van der Waals surface area (Å²) in [5.74, 6) is -1.06. The molecule has 0 radical (unpaired) electrons. The zero-order valence-corrected chi connectivity index (χ0v) is 11.7. The van der Waals surface area contributed by atoms with E-state index in [-0.39, 0.29) is 24.3 Å². The lowest BCUT2D eigenvalue weighted by atomic mass is 9.91. The molecule has 0 amide bonds. The van der Waals surface area contributed by atoms with Gasteiger partial charge in [-0.3, -0.25) is 0 Å². The molecule has 112 valence electrons. The number of aromatic nitrogens is 1. The molecular formula is C14H21F2N3O. The van der Waals surface area contributed by atoms with Gasteiger partial charge in [-0.15, -0.1) is 0 Å². The highest BCUT2D eigenvalue weighted by molar-refractivity contribution is 5.50. The Kier molecular flexibility index (Phi) is 5.11. The van der Waals surface area contributed by atoms with Gasteiger partial charge in [0, 0.05) is 31.8 Å². The normalized spacial score (nSPS) is 15.0. The quantitative estimate of drug-likeness (QED) is 0.808. The molecule has 1 aliphatic carbocycles. The molecule has 0 saturated heterocycles. The van der Waals surface area contributed by atoms with Gasteiger partial charge in [0.05, 0.1) is 0 Å². The fraction of sp³-hybridized carbons (Fsp3) is 0.643. The van der Waals surface area contributed by atoms with Gasteiger partial charge in [-0.1, -0.05) is 0 Å². The number of pyridine rings is 1. The van der Waals surface area contributed by atoms with Crippen LogP contribution in [0.2, 0.25) is 0 Å². The number of halogens is 2. The van der Waals surface area contributed by atoms with Crippen LogP contribution in [0.1, 0.15) is 32.6 Å². The molecule has 1 aromatic heterocycles. The Balaban J connectivity index is 2.28.